The Morgan fingerprint density at radius 2 is 1.85 bits per heavy atom. The van der Waals surface area contributed by atoms with Gasteiger partial charge in [-0.25, -0.2) is 0 Å². The highest BCUT2D eigenvalue weighted by Crippen LogP contribution is 2.25. The molecule has 0 aliphatic rings. The van der Waals surface area contributed by atoms with Gasteiger partial charge in [0.15, 0.2) is 10.4 Å². The number of halogens is 1. The molecule has 0 aliphatic carbocycles. The number of para-hydroxylation sites is 1. The van der Waals surface area contributed by atoms with Crippen LogP contribution in [-0.4, -0.2) is 5.91 Å². The molecule has 0 radical (unpaired) electrons. The first-order valence-electron chi connectivity index (χ1n) is 6.74. The van der Waals surface area contributed by atoms with E-state index < -0.39 is 0 Å². The molecule has 0 fully saturated rings. The van der Waals surface area contributed by atoms with E-state index in [1.807, 2.05) is 25.1 Å². The molecule has 106 valence electrons. The van der Waals surface area contributed by atoms with Gasteiger partial charge in [0.1, 0.15) is 0 Å². The SMILES string of the molecule is CCc1cccc(CC)c1NC(=O)c1oc(Br)cc1C. The first-order chi connectivity index (χ1) is 9.56. The van der Waals surface area contributed by atoms with E-state index in [9.17, 15) is 4.79 Å². The van der Waals surface area contributed by atoms with Crippen LogP contribution in [0.5, 0.6) is 0 Å². The van der Waals surface area contributed by atoms with Gasteiger partial charge in [-0.15, -0.1) is 0 Å². The van der Waals surface area contributed by atoms with E-state index in [4.69, 9.17) is 4.42 Å². The largest absolute Gasteiger partial charge is 0.444 e. The average molecular weight is 336 g/mol. The summed E-state index contributed by atoms with van der Waals surface area (Å²) in [6, 6.07) is 7.91. The summed E-state index contributed by atoms with van der Waals surface area (Å²) in [4.78, 5) is 12.4. The zero-order valence-corrected chi connectivity index (χ0v) is 13.5. The molecule has 20 heavy (non-hydrogen) atoms. The van der Waals surface area contributed by atoms with Crippen molar-refractivity contribution in [2.24, 2.45) is 0 Å². The maximum absolute atomic E-state index is 12.4. The smallest absolute Gasteiger partial charge is 0.291 e. The predicted molar refractivity (Wildman–Crippen MR) is 84.3 cm³/mol. The Labute approximate surface area is 127 Å². The van der Waals surface area contributed by atoms with Gasteiger partial charge in [-0.2, -0.15) is 0 Å². The Kier molecular flexibility index (Phi) is 4.65. The zero-order chi connectivity index (χ0) is 14.7. The highest BCUT2D eigenvalue weighted by atomic mass is 79.9. The fourth-order valence-electron chi connectivity index (χ4n) is 2.24. The van der Waals surface area contributed by atoms with E-state index in [-0.39, 0.29) is 5.91 Å². The van der Waals surface area contributed by atoms with Gasteiger partial charge in [-0.05, 0) is 52.9 Å². The quantitative estimate of drug-likeness (QED) is 0.877. The van der Waals surface area contributed by atoms with Crippen LogP contribution in [-0.2, 0) is 12.8 Å². The normalized spacial score (nSPS) is 10.6. The van der Waals surface area contributed by atoms with Gasteiger partial charge in [-0.1, -0.05) is 32.0 Å². The van der Waals surface area contributed by atoms with Crippen molar-refractivity contribution >= 4 is 27.5 Å². The van der Waals surface area contributed by atoms with Crippen molar-refractivity contribution in [1.82, 2.24) is 0 Å². The first-order valence-corrected chi connectivity index (χ1v) is 7.54. The molecule has 0 saturated carbocycles. The van der Waals surface area contributed by atoms with Gasteiger partial charge in [0.05, 0.1) is 0 Å². The average Bonchev–Trinajstić information content (AvgIpc) is 2.78. The minimum atomic E-state index is -0.205. The molecule has 0 unspecified atom stereocenters. The maximum atomic E-state index is 12.4. The number of carbonyl (C=O) groups excluding carboxylic acids is 1. The molecule has 2 rings (SSSR count). The molecule has 0 saturated heterocycles. The Hall–Kier alpha value is -1.55. The Morgan fingerprint density at radius 1 is 1.25 bits per heavy atom. The van der Waals surface area contributed by atoms with Crippen molar-refractivity contribution in [2.75, 3.05) is 5.32 Å². The fourth-order valence-corrected chi connectivity index (χ4v) is 2.75. The number of amides is 1. The highest BCUT2D eigenvalue weighted by molar-refractivity contribution is 9.10. The monoisotopic (exact) mass is 335 g/mol. The first kappa shape index (κ1) is 14.9. The van der Waals surface area contributed by atoms with Crippen LogP contribution in [0.25, 0.3) is 0 Å². The summed E-state index contributed by atoms with van der Waals surface area (Å²) < 4.78 is 5.97. The minimum Gasteiger partial charge on any atom is -0.444 e. The number of furan rings is 1. The summed E-state index contributed by atoms with van der Waals surface area (Å²) in [5, 5.41) is 3.00. The second-order valence-electron chi connectivity index (χ2n) is 4.68. The summed E-state index contributed by atoms with van der Waals surface area (Å²) in [6.45, 7) is 6.02. The van der Waals surface area contributed by atoms with Gasteiger partial charge in [0.2, 0.25) is 0 Å². The molecule has 1 N–H and O–H groups in total. The number of hydrogen-bond donors (Lipinski definition) is 1. The Balaban J connectivity index is 2.34. The summed E-state index contributed by atoms with van der Waals surface area (Å²) in [5.41, 5.74) is 4.01. The lowest BCUT2D eigenvalue weighted by Gasteiger charge is -2.13. The lowest BCUT2D eigenvalue weighted by Crippen LogP contribution is -2.15. The summed E-state index contributed by atoms with van der Waals surface area (Å²) in [7, 11) is 0. The molecular weight excluding hydrogens is 318 g/mol. The Morgan fingerprint density at radius 3 is 2.30 bits per heavy atom. The van der Waals surface area contributed by atoms with Crippen molar-refractivity contribution in [3.8, 4) is 0 Å². The van der Waals surface area contributed by atoms with Gasteiger partial charge in [0.25, 0.3) is 5.91 Å². The fraction of sp³-hybridized carbons (Fsp3) is 0.312. The third-order valence-corrected chi connectivity index (χ3v) is 3.72. The molecule has 0 atom stereocenters. The molecule has 1 aromatic heterocycles. The van der Waals surface area contributed by atoms with Crippen LogP contribution in [0.4, 0.5) is 5.69 Å². The topological polar surface area (TPSA) is 42.2 Å². The van der Waals surface area contributed by atoms with Crippen LogP contribution in [0, 0.1) is 6.92 Å². The number of benzene rings is 1. The molecule has 4 heteroatoms. The zero-order valence-electron chi connectivity index (χ0n) is 11.9. The molecule has 1 heterocycles. The van der Waals surface area contributed by atoms with E-state index in [2.05, 4.69) is 35.1 Å². The van der Waals surface area contributed by atoms with Crippen molar-refractivity contribution in [1.29, 1.82) is 0 Å². The van der Waals surface area contributed by atoms with E-state index in [0.717, 1.165) is 35.2 Å². The number of carbonyl (C=O) groups is 1. The van der Waals surface area contributed by atoms with Crippen LogP contribution < -0.4 is 5.32 Å². The van der Waals surface area contributed by atoms with Crippen molar-refractivity contribution in [3.05, 3.63) is 51.4 Å². The lowest BCUT2D eigenvalue weighted by atomic mass is 10.0. The van der Waals surface area contributed by atoms with Crippen LogP contribution in [0.2, 0.25) is 0 Å². The number of nitrogens with one attached hydrogen (secondary N) is 1. The second-order valence-corrected chi connectivity index (χ2v) is 5.46. The van der Waals surface area contributed by atoms with Gasteiger partial charge in [0, 0.05) is 11.3 Å². The molecule has 3 nitrogen and oxygen atoms in total. The van der Waals surface area contributed by atoms with E-state index in [1.165, 1.54) is 0 Å². The minimum absolute atomic E-state index is 0.205. The highest BCUT2D eigenvalue weighted by Gasteiger charge is 2.17. The van der Waals surface area contributed by atoms with Gasteiger partial charge in [-0.3, -0.25) is 4.79 Å². The summed E-state index contributed by atoms with van der Waals surface area (Å²) in [5.74, 6) is 0.147. The number of anilines is 1. The van der Waals surface area contributed by atoms with Crippen LogP contribution >= 0.6 is 15.9 Å². The van der Waals surface area contributed by atoms with Gasteiger partial charge >= 0.3 is 0 Å². The van der Waals surface area contributed by atoms with Crippen molar-refractivity contribution < 1.29 is 9.21 Å². The van der Waals surface area contributed by atoms with E-state index in [0.29, 0.717) is 10.4 Å². The third-order valence-electron chi connectivity index (χ3n) is 3.33. The standard InChI is InChI=1S/C16H18BrNO2/c1-4-11-7-6-8-12(5-2)14(11)18-16(19)15-10(3)9-13(17)20-15/h6-9H,4-5H2,1-3H3,(H,18,19). The molecule has 0 aliphatic heterocycles. The lowest BCUT2D eigenvalue weighted by molar-refractivity contribution is 0.0994. The van der Waals surface area contributed by atoms with Crippen molar-refractivity contribution in [2.45, 2.75) is 33.6 Å². The van der Waals surface area contributed by atoms with Crippen molar-refractivity contribution in [3.63, 3.8) is 0 Å². The van der Waals surface area contributed by atoms with Gasteiger partial charge < -0.3 is 9.73 Å². The maximum Gasteiger partial charge on any atom is 0.291 e. The number of aryl methyl sites for hydroxylation is 3. The van der Waals surface area contributed by atoms with E-state index >= 15 is 0 Å². The molecular formula is C16H18BrNO2. The summed E-state index contributed by atoms with van der Waals surface area (Å²) >= 11 is 3.25. The molecule has 2 aromatic rings. The molecule has 0 bridgehead atoms. The molecule has 1 aromatic carbocycles. The number of rotatable bonds is 4. The van der Waals surface area contributed by atoms with Crippen LogP contribution in [0.1, 0.15) is 41.1 Å². The number of hydrogen-bond acceptors (Lipinski definition) is 2. The van der Waals surface area contributed by atoms with Crippen LogP contribution in [0.3, 0.4) is 0 Å². The molecule has 1 amide bonds. The predicted octanol–water partition coefficient (Wildman–Crippen LogP) is 4.73. The Bertz CT molecular complexity index is 609. The third kappa shape index (κ3) is 2.96. The van der Waals surface area contributed by atoms with Crippen LogP contribution in [0.15, 0.2) is 33.4 Å². The molecule has 0 spiro atoms. The summed E-state index contributed by atoms with van der Waals surface area (Å²) in [6.07, 6.45) is 1.76. The second kappa shape index (κ2) is 6.27. The van der Waals surface area contributed by atoms with E-state index in [1.54, 1.807) is 6.07 Å².